The van der Waals surface area contributed by atoms with Crippen molar-refractivity contribution in [2.75, 3.05) is 19.7 Å². The monoisotopic (exact) mass is 433 g/mol. The zero-order valence-electron chi connectivity index (χ0n) is 16.0. The molecule has 2 aromatic carbocycles. The van der Waals surface area contributed by atoms with E-state index < -0.39 is 11.4 Å². The van der Waals surface area contributed by atoms with Gasteiger partial charge in [-0.1, -0.05) is 53.5 Å². The Morgan fingerprint density at radius 2 is 1.66 bits per heavy atom. The zero-order chi connectivity index (χ0) is 21.0. The van der Waals surface area contributed by atoms with E-state index in [-0.39, 0.29) is 23.3 Å². The van der Waals surface area contributed by atoms with Crippen molar-refractivity contribution in [2.45, 2.75) is 25.2 Å². The van der Waals surface area contributed by atoms with E-state index in [9.17, 15) is 14.4 Å². The minimum Gasteiger partial charge on any atom is -0.457 e. The van der Waals surface area contributed by atoms with Crippen LogP contribution in [0.4, 0.5) is 0 Å². The standard InChI is InChI=1S/C22H21Cl2NO4/c1-15(26)25-11-9-22(10-12-25,17-5-3-2-4-6-17)21(28)29-14-20(27)16-7-8-18(23)19(24)13-16/h2-8,13H,9-12,14H2,1H3. The first kappa shape index (κ1) is 21.3. The highest BCUT2D eigenvalue weighted by Gasteiger charge is 2.44. The van der Waals surface area contributed by atoms with Crippen molar-refractivity contribution in [3.63, 3.8) is 0 Å². The number of esters is 1. The Balaban J connectivity index is 1.76. The molecule has 0 spiro atoms. The molecule has 0 N–H and O–H groups in total. The number of ether oxygens (including phenoxy) is 1. The molecule has 0 unspecified atom stereocenters. The summed E-state index contributed by atoms with van der Waals surface area (Å²) in [4.78, 5) is 39.0. The summed E-state index contributed by atoms with van der Waals surface area (Å²) in [5.41, 5.74) is 0.271. The number of carbonyl (C=O) groups is 3. The van der Waals surface area contributed by atoms with Crippen LogP contribution in [0.25, 0.3) is 0 Å². The van der Waals surface area contributed by atoms with Crippen molar-refractivity contribution in [1.82, 2.24) is 4.90 Å². The van der Waals surface area contributed by atoms with Crippen molar-refractivity contribution < 1.29 is 19.1 Å². The van der Waals surface area contributed by atoms with Crippen LogP contribution in [0.15, 0.2) is 48.5 Å². The molecule has 3 rings (SSSR count). The van der Waals surface area contributed by atoms with Gasteiger partial charge in [0.15, 0.2) is 12.4 Å². The van der Waals surface area contributed by atoms with Gasteiger partial charge in [0.2, 0.25) is 5.91 Å². The van der Waals surface area contributed by atoms with E-state index in [1.165, 1.54) is 19.1 Å². The van der Waals surface area contributed by atoms with Gasteiger partial charge in [-0.2, -0.15) is 0 Å². The van der Waals surface area contributed by atoms with Crippen LogP contribution in [-0.4, -0.2) is 42.3 Å². The second-order valence-corrected chi connectivity index (χ2v) is 7.90. The highest BCUT2D eigenvalue weighted by atomic mass is 35.5. The van der Waals surface area contributed by atoms with E-state index in [0.717, 1.165) is 5.56 Å². The van der Waals surface area contributed by atoms with Crippen molar-refractivity contribution in [3.8, 4) is 0 Å². The summed E-state index contributed by atoms with van der Waals surface area (Å²) in [6.45, 7) is 2.05. The maximum Gasteiger partial charge on any atom is 0.317 e. The fourth-order valence-corrected chi connectivity index (χ4v) is 3.89. The molecule has 1 aliphatic rings. The number of hydrogen-bond acceptors (Lipinski definition) is 4. The third kappa shape index (κ3) is 4.62. The SMILES string of the molecule is CC(=O)N1CCC(C(=O)OCC(=O)c2ccc(Cl)c(Cl)c2)(c2ccccc2)CC1. The molecule has 2 aromatic rings. The Kier molecular flexibility index (Phi) is 6.60. The minimum atomic E-state index is -0.884. The molecule has 5 nitrogen and oxygen atoms in total. The molecule has 152 valence electrons. The van der Waals surface area contributed by atoms with Crippen molar-refractivity contribution in [3.05, 3.63) is 69.7 Å². The lowest BCUT2D eigenvalue weighted by atomic mass is 9.72. The van der Waals surface area contributed by atoms with Gasteiger partial charge in [-0.05, 0) is 36.6 Å². The Morgan fingerprint density at radius 3 is 2.24 bits per heavy atom. The van der Waals surface area contributed by atoms with Gasteiger partial charge in [0.25, 0.3) is 0 Å². The topological polar surface area (TPSA) is 63.7 Å². The quantitative estimate of drug-likeness (QED) is 0.520. The predicted octanol–water partition coefficient (Wildman–Crippen LogP) is 4.30. The number of benzene rings is 2. The number of rotatable bonds is 5. The summed E-state index contributed by atoms with van der Waals surface area (Å²) in [7, 11) is 0. The number of hydrogen-bond donors (Lipinski definition) is 0. The van der Waals surface area contributed by atoms with Crippen LogP contribution in [0.1, 0.15) is 35.7 Å². The highest BCUT2D eigenvalue weighted by molar-refractivity contribution is 6.42. The van der Waals surface area contributed by atoms with Gasteiger partial charge >= 0.3 is 5.97 Å². The molecule has 1 aliphatic heterocycles. The minimum absolute atomic E-state index is 0.0187. The van der Waals surface area contributed by atoms with Crippen LogP contribution in [-0.2, 0) is 19.7 Å². The summed E-state index contributed by atoms with van der Waals surface area (Å²) in [5.74, 6) is -0.837. The lowest BCUT2D eigenvalue weighted by Crippen LogP contribution is -2.49. The molecule has 1 saturated heterocycles. The third-order valence-corrected chi connectivity index (χ3v) is 6.09. The van der Waals surface area contributed by atoms with Crippen LogP contribution in [0.5, 0.6) is 0 Å². The van der Waals surface area contributed by atoms with Crippen molar-refractivity contribution >= 4 is 40.9 Å². The normalized spacial score (nSPS) is 15.6. The summed E-state index contributed by atoms with van der Waals surface area (Å²) in [6.07, 6.45) is 0.882. The molecule has 0 aliphatic carbocycles. The van der Waals surface area contributed by atoms with Crippen molar-refractivity contribution in [1.29, 1.82) is 0 Å². The van der Waals surface area contributed by atoms with E-state index in [2.05, 4.69) is 0 Å². The second-order valence-electron chi connectivity index (χ2n) is 7.08. The smallest absolute Gasteiger partial charge is 0.317 e. The molecule has 0 aromatic heterocycles. The van der Waals surface area contributed by atoms with Crippen LogP contribution < -0.4 is 0 Å². The number of carbonyl (C=O) groups excluding carboxylic acids is 3. The Hall–Kier alpha value is -2.37. The number of halogens is 2. The first-order valence-corrected chi connectivity index (χ1v) is 10.1. The first-order valence-electron chi connectivity index (χ1n) is 9.30. The average molecular weight is 434 g/mol. The maximum atomic E-state index is 13.1. The third-order valence-electron chi connectivity index (χ3n) is 5.36. The number of amides is 1. The molecule has 1 heterocycles. The van der Waals surface area contributed by atoms with Crippen LogP contribution in [0.2, 0.25) is 10.0 Å². The lowest BCUT2D eigenvalue weighted by Gasteiger charge is -2.40. The van der Waals surface area contributed by atoms with Crippen LogP contribution in [0.3, 0.4) is 0 Å². The summed E-state index contributed by atoms with van der Waals surface area (Å²) >= 11 is 11.8. The van der Waals surface area contributed by atoms with Gasteiger partial charge in [0.05, 0.1) is 15.5 Å². The van der Waals surface area contributed by atoms with E-state index >= 15 is 0 Å². The number of Topliss-reactive ketones (excluding diaryl/α,β-unsaturated/α-hetero) is 1. The molecular weight excluding hydrogens is 413 g/mol. The van der Waals surface area contributed by atoms with E-state index in [1.807, 2.05) is 30.3 Å². The maximum absolute atomic E-state index is 13.1. The van der Waals surface area contributed by atoms with E-state index in [1.54, 1.807) is 11.0 Å². The lowest BCUT2D eigenvalue weighted by molar-refractivity contribution is -0.153. The molecule has 7 heteroatoms. The second kappa shape index (κ2) is 8.97. The first-order chi connectivity index (χ1) is 13.8. The van der Waals surface area contributed by atoms with Crippen LogP contribution >= 0.6 is 23.2 Å². The summed E-state index contributed by atoms with van der Waals surface area (Å²) in [6, 6.07) is 13.9. The number of piperidine rings is 1. The van der Waals surface area contributed by atoms with Gasteiger partial charge in [0.1, 0.15) is 0 Å². The van der Waals surface area contributed by atoms with Crippen molar-refractivity contribution in [2.24, 2.45) is 0 Å². The van der Waals surface area contributed by atoms with Crippen LogP contribution in [0, 0.1) is 0 Å². The predicted molar refractivity (Wildman–Crippen MR) is 111 cm³/mol. The van der Waals surface area contributed by atoms with Gasteiger partial charge in [-0.15, -0.1) is 0 Å². The van der Waals surface area contributed by atoms with Gasteiger partial charge < -0.3 is 9.64 Å². The average Bonchev–Trinajstić information content (AvgIpc) is 2.74. The Morgan fingerprint density at radius 1 is 1.00 bits per heavy atom. The largest absolute Gasteiger partial charge is 0.457 e. The van der Waals surface area contributed by atoms with E-state index in [4.69, 9.17) is 27.9 Å². The molecule has 0 saturated carbocycles. The molecule has 0 bridgehead atoms. The molecule has 0 radical (unpaired) electrons. The molecular formula is C22H21Cl2NO4. The van der Waals surface area contributed by atoms with Gasteiger partial charge in [-0.25, -0.2) is 0 Å². The molecule has 1 amide bonds. The fraction of sp³-hybridized carbons (Fsp3) is 0.318. The Bertz CT molecular complexity index is 922. The molecule has 1 fully saturated rings. The molecule has 29 heavy (non-hydrogen) atoms. The number of nitrogens with zero attached hydrogens (tertiary/aromatic N) is 1. The zero-order valence-corrected chi connectivity index (χ0v) is 17.5. The molecule has 0 atom stereocenters. The van der Waals surface area contributed by atoms with E-state index in [0.29, 0.717) is 36.5 Å². The summed E-state index contributed by atoms with van der Waals surface area (Å²) in [5, 5.41) is 0.613. The fourth-order valence-electron chi connectivity index (χ4n) is 3.59. The number of ketones is 1. The van der Waals surface area contributed by atoms with Gasteiger partial charge in [-0.3, -0.25) is 14.4 Å². The summed E-state index contributed by atoms with van der Waals surface area (Å²) < 4.78 is 5.45. The van der Waals surface area contributed by atoms with Gasteiger partial charge in [0, 0.05) is 25.6 Å². The highest BCUT2D eigenvalue weighted by Crippen LogP contribution is 2.37. The Labute approximate surface area is 179 Å². The number of likely N-dealkylation sites (tertiary alicyclic amines) is 1.